The number of hydrogen-bond acceptors (Lipinski definition) is 2. The number of carbonyl (C=O) groups is 1. The van der Waals surface area contributed by atoms with Crippen LogP contribution in [0.15, 0.2) is 24.3 Å². The van der Waals surface area contributed by atoms with E-state index in [1.807, 2.05) is 13.8 Å². The highest BCUT2D eigenvalue weighted by Crippen LogP contribution is 2.16. The second-order valence-corrected chi connectivity index (χ2v) is 4.90. The van der Waals surface area contributed by atoms with Crippen LogP contribution in [0.3, 0.4) is 0 Å². The Balaban J connectivity index is 2.34. The van der Waals surface area contributed by atoms with Crippen LogP contribution in [0.1, 0.15) is 20.8 Å². The van der Waals surface area contributed by atoms with E-state index >= 15 is 0 Å². The maximum absolute atomic E-state index is 11.5. The van der Waals surface area contributed by atoms with E-state index in [1.54, 1.807) is 31.2 Å². The number of hydrogen-bond donors (Lipinski definition) is 2. The molecule has 0 aliphatic carbocycles. The van der Waals surface area contributed by atoms with E-state index < -0.39 is 6.23 Å². The molecule has 1 atom stereocenters. The first-order chi connectivity index (χ1) is 8.47. The van der Waals surface area contributed by atoms with Gasteiger partial charge in [-0.3, -0.25) is 0 Å². The molecule has 4 nitrogen and oxygen atoms in total. The molecular weight excluding hydrogens is 252 g/mol. The van der Waals surface area contributed by atoms with Crippen molar-refractivity contribution in [2.24, 2.45) is 5.92 Å². The molecule has 1 aromatic carbocycles. The summed E-state index contributed by atoms with van der Waals surface area (Å²) in [6, 6.07) is 6.76. The van der Waals surface area contributed by atoms with Gasteiger partial charge >= 0.3 is 6.03 Å². The first kappa shape index (κ1) is 14.6. The van der Waals surface area contributed by atoms with Crippen molar-refractivity contribution in [1.82, 2.24) is 10.6 Å². The fourth-order valence-corrected chi connectivity index (χ4v) is 1.41. The van der Waals surface area contributed by atoms with E-state index in [1.165, 1.54) is 0 Å². The third kappa shape index (κ3) is 5.77. The van der Waals surface area contributed by atoms with Gasteiger partial charge in [0.05, 0.1) is 0 Å². The third-order valence-corrected chi connectivity index (χ3v) is 2.38. The van der Waals surface area contributed by atoms with E-state index in [9.17, 15) is 4.79 Å². The van der Waals surface area contributed by atoms with Crippen molar-refractivity contribution >= 4 is 17.6 Å². The predicted octanol–water partition coefficient (Wildman–Crippen LogP) is 3.02. The molecule has 0 fully saturated rings. The Kier molecular flexibility index (Phi) is 5.78. The van der Waals surface area contributed by atoms with Crippen molar-refractivity contribution in [3.8, 4) is 5.75 Å². The number of carbonyl (C=O) groups excluding carboxylic acids is 1. The standard InChI is InChI=1S/C13H19ClN2O2/c1-9(2)8-15-13(17)16-10(3)18-12-6-4-11(14)5-7-12/h4-7,9-10H,8H2,1-3H3,(H2,15,16,17). The van der Waals surface area contributed by atoms with Crippen LogP contribution in [0.4, 0.5) is 4.79 Å². The quantitative estimate of drug-likeness (QED) is 0.808. The Morgan fingerprint density at radius 3 is 2.44 bits per heavy atom. The summed E-state index contributed by atoms with van der Waals surface area (Å²) in [6.07, 6.45) is -0.404. The smallest absolute Gasteiger partial charge is 0.317 e. The number of halogens is 1. The van der Waals surface area contributed by atoms with Crippen LogP contribution >= 0.6 is 11.6 Å². The number of benzene rings is 1. The zero-order valence-electron chi connectivity index (χ0n) is 10.9. The van der Waals surface area contributed by atoms with Gasteiger partial charge in [-0.2, -0.15) is 0 Å². The molecular formula is C13H19ClN2O2. The monoisotopic (exact) mass is 270 g/mol. The summed E-state index contributed by atoms with van der Waals surface area (Å²) in [6.45, 7) is 6.48. The van der Waals surface area contributed by atoms with E-state index in [-0.39, 0.29) is 6.03 Å². The molecule has 0 saturated carbocycles. The fraction of sp³-hybridized carbons (Fsp3) is 0.462. The van der Waals surface area contributed by atoms with Crippen molar-refractivity contribution in [3.63, 3.8) is 0 Å². The van der Waals surface area contributed by atoms with Crippen molar-refractivity contribution in [1.29, 1.82) is 0 Å². The molecule has 0 spiro atoms. The zero-order chi connectivity index (χ0) is 13.5. The van der Waals surface area contributed by atoms with Gasteiger partial charge in [0.1, 0.15) is 5.75 Å². The molecule has 2 amide bonds. The van der Waals surface area contributed by atoms with E-state index in [2.05, 4.69) is 10.6 Å². The molecule has 0 heterocycles. The lowest BCUT2D eigenvalue weighted by Crippen LogP contribution is -2.44. The highest BCUT2D eigenvalue weighted by molar-refractivity contribution is 6.30. The van der Waals surface area contributed by atoms with Gasteiger partial charge in [0.25, 0.3) is 0 Å². The summed E-state index contributed by atoms with van der Waals surface area (Å²) in [4.78, 5) is 11.5. The molecule has 1 aromatic rings. The van der Waals surface area contributed by atoms with Crippen LogP contribution in [0, 0.1) is 5.92 Å². The SMILES string of the molecule is CC(C)CNC(=O)NC(C)Oc1ccc(Cl)cc1. The summed E-state index contributed by atoms with van der Waals surface area (Å²) in [7, 11) is 0. The molecule has 0 radical (unpaired) electrons. The van der Waals surface area contributed by atoms with Gasteiger partial charge in [-0.05, 0) is 37.1 Å². The average Bonchev–Trinajstić information content (AvgIpc) is 2.29. The summed E-state index contributed by atoms with van der Waals surface area (Å²) >= 11 is 5.77. The predicted molar refractivity (Wildman–Crippen MR) is 72.9 cm³/mol. The van der Waals surface area contributed by atoms with Crippen molar-refractivity contribution in [3.05, 3.63) is 29.3 Å². The minimum absolute atomic E-state index is 0.231. The third-order valence-electron chi connectivity index (χ3n) is 2.13. The Morgan fingerprint density at radius 2 is 1.89 bits per heavy atom. The van der Waals surface area contributed by atoms with Gasteiger partial charge in [-0.15, -0.1) is 0 Å². The van der Waals surface area contributed by atoms with Gasteiger partial charge in [0.15, 0.2) is 6.23 Å². The van der Waals surface area contributed by atoms with Crippen LogP contribution < -0.4 is 15.4 Å². The minimum atomic E-state index is -0.404. The van der Waals surface area contributed by atoms with Crippen LogP contribution in [-0.4, -0.2) is 18.8 Å². The molecule has 0 aliphatic heterocycles. The maximum atomic E-state index is 11.5. The molecule has 0 saturated heterocycles. The van der Waals surface area contributed by atoms with E-state index in [0.717, 1.165) is 0 Å². The molecule has 100 valence electrons. The molecule has 18 heavy (non-hydrogen) atoms. The van der Waals surface area contributed by atoms with Gasteiger partial charge in [0.2, 0.25) is 0 Å². The van der Waals surface area contributed by atoms with Crippen LogP contribution in [0.2, 0.25) is 5.02 Å². The summed E-state index contributed by atoms with van der Waals surface area (Å²) < 4.78 is 5.52. The number of ether oxygens (including phenoxy) is 1. The van der Waals surface area contributed by atoms with Crippen LogP contribution in [0.5, 0.6) is 5.75 Å². The number of urea groups is 1. The van der Waals surface area contributed by atoms with Crippen molar-refractivity contribution < 1.29 is 9.53 Å². The lowest BCUT2D eigenvalue weighted by atomic mass is 10.2. The molecule has 0 bridgehead atoms. The van der Waals surface area contributed by atoms with Gasteiger partial charge in [-0.1, -0.05) is 25.4 Å². The first-order valence-corrected chi connectivity index (χ1v) is 6.31. The highest BCUT2D eigenvalue weighted by atomic mass is 35.5. The molecule has 5 heteroatoms. The summed E-state index contributed by atoms with van der Waals surface area (Å²) in [5.41, 5.74) is 0. The lowest BCUT2D eigenvalue weighted by Gasteiger charge is -2.17. The lowest BCUT2D eigenvalue weighted by molar-refractivity contribution is 0.176. The van der Waals surface area contributed by atoms with Gasteiger partial charge in [0, 0.05) is 11.6 Å². The number of nitrogens with one attached hydrogen (secondary N) is 2. The van der Waals surface area contributed by atoms with E-state index in [0.29, 0.717) is 23.2 Å². The van der Waals surface area contributed by atoms with Crippen molar-refractivity contribution in [2.45, 2.75) is 27.0 Å². The molecule has 1 rings (SSSR count). The Hall–Kier alpha value is -1.42. The maximum Gasteiger partial charge on any atom is 0.317 e. The average molecular weight is 271 g/mol. The van der Waals surface area contributed by atoms with Crippen LogP contribution in [0.25, 0.3) is 0 Å². The number of rotatable bonds is 5. The Morgan fingerprint density at radius 1 is 1.28 bits per heavy atom. The van der Waals surface area contributed by atoms with E-state index in [4.69, 9.17) is 16.3 Å². The minimum Gasteiger partial charge on any atom is -0.471 e. The Bertz CT molecular complexity index is 379. The first-order valence-electron chi connectivity index (χ1n) is 5.94. The second-order valence-electron chi connectivity index (χ2n) is 4.46. The van der Waals surface area contributed by atoms with Crippen LogP contribution in [-0.2, 0) is 0 Å². The summed E-state index contributed by atoms with van der Waals surface area (Å²) in [5, 5.41) is 6.10. The Labute approximate surface area is 113 Å². The second kappa shape index (κ2) is 7.11. The molecule has 0 aliphatic rings. The van der Waals surface area contributed by atoms with Gasteiger partial charge < -0.3 is 15.4 Å². The summed E-state index contributed by atoms with van der Waals surface area (Å²) in [5.74, 6) is 1.08. The largest absolute Gasteiger partial charge is 0.471 e. The molecule has 0 aromatic heterocycles. The topological polar surface area (TPSA) is 50.4 Å². The number of amides is 2. The van der Waals surface area contributed by atoms with Crippen molar-refractivity contribution in [2.75, 3.05) is 6.54 Å². The normalized spacial score (nSPS) is 12.1. The zero-order valence-corrected chi connectivity index (χ0v) is 11.6. The fourth-order valence-electron chi connectivity index (χ4n) is 1.28. The highest BCUT2D eigenvalue weighted by Gasteiger charge is 2.08. The molecule has 1 unspecified atom stereocenters. The molecule has 2 N–H and O–H groups in total. The van der Waals surface area contributed by atoms with Gasteiger partial charge in [-0.25, -0.2) is 4.79 Å².